The Hall–Kier alpha value is 0.150. The number of nitrogens with two attached hydrogens (primary N) is 1. The molecule has 1 heterocycles. The van der Waals surface area contributed by atoms with Gasteiger partial charge in [0.25, 0.3) is 0 Å². The maximum absolute atomic E-state index is 12.3. The van der Waals surface area contributed by atoms with Gasteiger partial charge in [-0.1, -0.05) is 11.6 Å². The van der Waals surface area contributed by atoms with Crippen molar-refractivity contribution in [3.8, 4) is 0 Å². The third kappa shape index (κ3) is 3.18. The van der Waals surface area contributed by atoms with Crippen molar-refractivity contribution in [1.82, 2.24) is 4.31 Å². The van der Waals surface area contributed by atoms with Crippen LogP contribution in [0.25, 0.3) is 0 Å². The van der Waals surface area contributed by atoms with Crippen LogP contribution >= 0.6 is 39.9 Å². The second-order valence-corrected chi connectivity index (χ2v) is 7.18. The van der Waals surface area contributed by atoms with Crippen LogP contribution in [0.5, 0.6) is 0 Å². The average molecular weight is 376 g/mol. The summed E-state index contributed by atoms with van der Waals surface area (Å²) in [4.78, 5) is 0.232. The lowest BCUT2D eigenvalue weighted by molar-refractivity contribution is 0.472. The zero-order chi connectivity index (χ0) is 12.6. The SMILES string of the molecule is Cl.N[C@@H]1CCN(S(=O)(=O)c2ccc(Cl)cc2Br)C1. The fourth-order valence-electron chi connectivity index (χ4n) is 1.80. The minimum Gasteiger partial charge on any atom is -0.326 e. The largest absolute Gasteiger partial charge is 0.326 e. The third-order valence-corrected chi connectivity index (χ3v) is 5.78. The Kier molecular flexibility index (Phi) is 5.46. The van der Waals surface area contributed by atoms with E-state index in [9.17, 15) is 8.42 Å². The second kappa shape index (κ2) is 6.07. The molecule has 18 heavy (non-hydrogen) atoms. The van der Waals surface area contributed by atoms with Gasteiger partial charge in [0.1, 0.15) is 0 Å². The van der Waals surface area contributed by atoms with Crippen LogP contribution in [0.3, 0.4) is 0 Å². The molecule has 1 aromatic rings. The second-order valence-electron chi connectivity index (χ2n) is 3.99. The first-order valence-corrected chi connectivity index (χ1v) is 7.73. The molecule has 0 unspecified atom stereocenters. The lowest BCUT2D eigenvalue weighted by atomic mass is 10.3. The molecule has 1 atom stereocenters. The standard InChI is InChI=1S/C10H12BrClN2O2S.ClH/c11-9-5-7(12)1-2-10(9)17(15,16)14-4-3-8(13)6-14;/h1-2,5,8H,3-4,6,13H2;1H/t8-;/m1./s1. The summed E-state index contributed by atoms with van der Waals surface area (Å²) in [5, 5.41) is 0.494. The van der Waals surface area contributed by atoms with Crippen LogP contribution in [0.15, 0.2) is 27.6 Å². The van der Waals surface area contributed by atoms with E-state index in [1.807, 2.05) is 0 Å². The number of hydrogen-bond acceptors (Lipinski definition) is 3. The number of hydrogen-bond donors (Lipinski definition) is 1. The van der Waals surface area contributed by atoms with E-state index in [1.165, 1.54) is 10.4 Å². The molecular formula is C10H13BrCl2N2O2S. The smallest absolute Gasteiger partial charge is 0.244 e. The molecule has 4 nitrogen and oxygen atoms in total. The first-order chi connectivity index (χ1) is 7.91. The number of sulfonamides is 1. The Morgan fingerprint density at radius 3 is 2.61 bits per heavy atom. The summed E-state index contributed by atoms with van der Waals surface area (Å²) in [6.45, 7) is 0.843. The van der Waals surface area contributed by atoms with Gasteiger partial charge in [-0.15, -0.1) is 12.4 Å². The van der Waals surface area contributed by atoms with Crippen molar-refractivity contribution < 1.29 is 8.42 Å². The van der Waals surface area contributed by atoms with Gasteiger partial charge in [-0.25, -0.2) is 8.42 Å². The summed E-state index contributed by atoms with van der Waals surface area (Å²) < 4.78 is 26.5. The fraction of sp³-hybridized carbons (Fsp3) is 0.400. The monoisotopic (exact) mass is 374 g/mol. The fourth-order valence-corrected chi connectivity index (χ4v) is 4.65. The Morgan fingerprint density at radius 1 is 1.44 bits per heavy atom. The molecule has 1 aliphatic rings. The first kappa shape index (κ1) is 16.2. The van der Waals surface area contributed by atoms with E-state index >= 15 is 0 Å². The van der Waals surface area contributed by atoms with Crippen molar-refractivity contribution in [2.75, 3.05) is 13.1 Å². The highest BCUT2D eigenvalue weighted by Gasteiger charge is 2.32. The van der Waals surface area contributed by atoms with Crippen LogP contribution in [-0.4, -0.2) is 31.9 Å². The van der Waals surface area contributed by atoms with E-state index in [1.54, 1.807) is 12.1 Å². The van der Waals surface area contributed by atoms with Gasteiger partial charge in [-0.05, 0) is 40.5 Å². The third-order valence-electron chi connectivity index (χ3n) is 2.70. The highest BCUT2D eigenvalue weighted by Crippen LogP contribution is 2.29. The summed E-state index contributed by atoms with van der Waals surface area (Å²) in [6.07, 6.45) is 0.699. The highest BCUT2D eigenvalue weighted by molar-refractivity contribution is 9.10. The molecule has 102 valence electrons. The van der Waals surface area contributed by atoms with Gasteiger partial charge < -0.3 is 5.73 Å². The maximum atomic E-state index is 12.3. The normalized spacial score (nSPS) is 20.7. The average Bonchev–Trinajstić information content (AvgIpc) is 2.64. The molecule has 1 aromatic carbocycles. The summed E-state index contributed by atoms with van der Waals surface area (Å²) in [7, 11) is -3.47. The van der Waals surface area contributed by atoms with Gasteiger partial charge >= 0.3 is 0 Å². The van der Waals surface area contributed by atoms with Gasteiger partial charge in [0, 0.05) is 28.6 Å². The van der Waals surface area contributed by atoms with Crippen LogP contribution in [0.1, 0.15) is 6.42 Å². The van der Waals surface area contributed by atoms with Crippen LogP contribution in [-0.2, 0) is 10.0 Å². The lowest BCUT2D eigenvalue weighted by Gasteiger charge is -2.17. The van der Waals surface area contributed by atoms with Gasteiger partial charge in [-0.3, -0.25) is 0 Å². The van der Waals surface area contributed by atoms with Crippen molar-refractivity contribution in [3.63, 3.8) is 0 Å². The Bertz CT molecular complexity index is 539. The summed E-state index contributed by atoms with van der Waals surface area (Å²) >= 11 is 9.02. The molecule has 0 aromatic heterocycles. The Labute approximate surface area is 126 Å². The van der Waals surface area contributed by atoms with Gasteiger partial charge in [0.05, 0.1) is 4.90 Å². The van der Waals surface area contributed by atoms with Crippen molar-refractivity contribution in [3.05, 3.63) is 27.7 Å². The first-order valence-electron chi connectivity index (χ1n) is 5.12. The summed E-state index contributed by atoms with van der Waals surface area (Å²) in [5.41, 5.74) is 5.72. The predicted octanol–water partition coefficient (Wildman–Crippen LogP) is 2.25. The molecule has 0 bridgehead atoms. The van der Waals surface area contributed by atoms with Crippen molar-refractivity contribution in [1.29, 1.82) is 0 Å². The topological polar surface area (TPSA) is 63.4 Å². The van der Waals surface area contributed by atoms with E-state index in [4.69, 9.17) is 17.3 Å². The Balaban J connectivity index is 0.00000162. The summed E-state index contributed by atoms with van der Waals surface area (Å²) in [6, 6.07) is 4.57. The van der Waals surface area contributed by atoms with Gasteiger partial charge in [-0.2, -0.15) is 4.31 Å². The molecule has 0 saturated carbocycles. The quantitative estimate of drug-likeness (QED) is 0.862. The zero-order valence-corrected chi connectivity index (χ0v) is 13.3. The maximum Gasteiger partial charge on any atom is 0.244 e. The molecule has 8 heteroatoms. The molecule has 0 amide bonds. The molecule has 1 aliphatic heterocycles. The van der Waals surface area contributed by atoms with Gasteiger partial charge in [0.15, 0.2) is 0 Å². The highest BCUT2D eigenvalue weighted by atomic mass is 79.9. The van der Waals surface area contributed by atoms with Crippen LogP contribution in [0, 0.1) is 0 Å². The lowest BCUT2D eigenvalue weighted by Crippen LogP contribution is -2.32. The number of halogens is 3. The van der Waals surface area contributed by atoms with Crippen molar-refractivity contribution >= 4 is 50.0 Å². The van der Waals surface area contributed by atoms with E-state index in [-0.39, 0.29) is 23.3 Å². The minimum absolute atomic E-state index is 0. The van der Waals surface area contributed by atoms with Crippen LogP contribution < -0.4 is 5.73 Å². The van der Waals surface area contributed by atoms with E-state index in [2.05, 4.69) is 15.9 Å². The number of nitrogens with zero attached hydrogens (tertiary/aromatic N) is 1. The molecule has 0 aliphatic carbocycles. The minimum atomic E-state index is -3.47. The molecule has 2 N–H and O–H groups in total. The van der Waals surface area contributed by atoms with E-state index in [0.717, 1.165) is 0 Å². The Morgan fingerprint density at radius 2 is 2.11 bits per heavy atom. The van der Waals surface area contributed by atoms with Gasteiger partial charge in [0.2, 0.25) is 10.0 Å². The van der Waals surface area contributed by atoms with Crippen LogP contribution in [0.4, 0.5) is 0 Å². The molecule has 0 spiro atoms. The molecule has 2 rings (SSSR count). The summed E-state index contributed by atoms with van der Waals surface area (Å²) in [5.74, 6) is 0. The number of rotatable bonds is 2. The molecular weight excluding hydrogens is 363 g/mol. The van der Waals surface area contributed by atoms with Crippen LogP contribution in [0.2, 0.25) is 5.02 Å². The van der Waals surface area contributed by atoms with Crippen molar-refractivity contribution in [2.24, 2.45) is 5.73 Å². The van der Waals surface area contributed by atoms with E-state index < -0.39 is 10.0 Å². The van der Waals surface area contributed by atoms with E-state index in [0.29, 0.717) is 29.0 Å². The zero-order valence-electron chi connectivity index (χ0n) is 9.34. The molecule has 1 fully saturated rings. The van der Waals surface area contributed by atoms with Crippen molar-refractivity contribution in [2.45, 2.75) is 17.4 Å². The molecule has 0 radical (unpaired) electrons. The number of benzene rings is 1. The predicted molar refractivity (Wildman–Crippen MR) is 77.8 cm³/mol. The molecule has 1 saturated heterocycles.